The minimum Gasteiger partial charge on any atom is -0.396 e. The molecule has 1 rings (SSSR count). The van der Waals surface area contributed by atoms with E-state index in [-0.39, 0.29) is 41.6 Å². The molecule has 0 radical (unpaired) electrons. The van der Waals surface area contributed by atoms with Crippen LogP contribution in [0.2, 0.25) is 0 Å². The van der Waals surface area contributed by atoms with Crippen LogP contribution < -0.4 is 0 Å². The number of H-pyrrole nitrogens is 1. The molecule has 0 saturated carbocycles. The van der Waals surface area contributed by atoms with Gasteiger partial charge in [-0.25, -0.2) is 4.98 Å². The lowest BCUT2D eigenvalue weighted by Crippen LogP contribution is -2.03. The number of imidazole rings is 1. The Balaban J connectivity index is 0.00000121. The lowest BCUT2D eigenvalue weighted by Gasteiger charge is -1.90. The molecular weight excluding hydrogens is 292 g/mol. The number of hydrogen-bond donors (Lipinski definition) is 2. The molecule has 6 heteroatoms. The average molecular weight is 300 g/mol. The maximum atomic E-state index is 11.0. The van der Waals surface area contributed by atoms with Crippen molar-refractivity contribution < 1.29 is 9.90 Å². The summed E-state index contributed by atoms with van der Waals surface area (Å²) in [4.78, 5) is 17.5. The summed E-state index contributed by atoms with van der Waals surface area (Å²) in [6.07, 6.45) is 1.62. The van der Waals surface area contributed by atoms with Crippen molar-refractivity contribution in [2.75, 3.05) is 6.61 Å². The van der Waals surface area contributed by atoms with Crippen molar-refractivity contribution in [1.82, 2.24) is 9.97 Å². The highest BCUT2D eigenvalue weighted by molar-refractivity contribution is 9.10. The van der Waals surface area contributed by atoms with Crippen LogP contribution in [0.5, 0.6) is 0 Å². The van der Waals surface area contributed by atoms with Crippen molar-refractivity contribution in [2.24, 2.45) is 0 Å². The molecule has 0 amide bonds. The zero-order chi connectivity index (χ0) is 8.27. The van der Waals surface area contributed by atoms with Gasteiger partial charge in [0.1, 0.15) is 4.60 Å². The molecule has 0 saturated heterocycles. The fraction of sp³-hybridized carbons (Fsp3) is 0.333. The Morgan fingerprint density at radius 1 is 1.75 bits per heavy atom. The van der Waals surface area contributed by atoms with Gasteiger partial charge < -0.3 is 10.1 Å². The van der Waals surface area contributed by atoms with Gasteiger partial charge in [-0.1, -0.05) is 0 Å². The first-order valence-corrected chi connectivity index (χ1v) is 3.88. The third kappa shape index (κ3) is 3.04. The SMILES string of the molecule is Br.O=C(CCO)c1ncc(Br)[nH]1. The Morgan fingerprint density at radius 3 is 2.83 bits per heavy atom. The first kappa shape index (κ1) is 11.8. The molecule has 2 N–H and O–H groups in total. The van der Waals surface area contributed by atoms with Crippen LogP contribution in [0, 0.1) is 0 Å². The number of carbonyl (C=O) groups excluding carboxylic acids is 1. The van der Waals surface area contributed by atoms with Gasteiger partial charge in [0.25, 0.3) is 0 Å². The van der Waals surface area contributed by atoms with Crippen LogP contribution in [0.15, 0.2) is 10.8 Å². The number of rotatable bonds is 3. The van der Waals surface area contributed by atoms with Crippen LogP contribution in [-0.2, 0) is 0 Å². The molecule has 0 spiro atoms. The molecule has 4 nitrogen and oxygen atoms in total. The molecule has 0 unspecified atom stereocenters. The molecule has 0 aromatic carbocycles. The molecule has 0 fully saturated rings. The second kappa shape index (κ2) is 5.45. The third-order valence-corrected chi connectivity index (χ3v) is 1.55. The Morgan fingerprint density at radius 2 is 2.42 bits per heavy atom. The van der Waals surface area contributed by atoms with Gasteiger partial charge in [0, 0.05) is 6.42 Å². The van der Waals surface area contributed by atoms with Gasteiger partial charge in [-0.2, -0.15) is 0 Å². The number of nitrogens with zero attached hydrogens (tertiary/aromatic N) is 1. The number of aromatic amines is 1. The first-order valence-electron chi connectivity index (χ1n) is 3.08. The lowest BCUT2D eigenvalue weighted by molar-refractivity contribution is 0.0947. The van der Waals surface area contributed by atoms with Gasteiger partial charge in [0.15, 0.2) is 11.6 Å². The van der Waals surface area contributed by atoms with E-state index in [9.17, 15) is 4.79 Å². The number of aliphatic hydroxyl groups excluding tert-OH is 1. The van der Waals surface area contributed by atoms with Crippen molar-refractivity contribution in [3.63, 3.8) is 0 Å². The summed E-state index contributed by atoms with van der Waals surface area (Å²) in [5.74, 6) is 0.101. The van der Waals surface area contributed by atoms with Gasteiger partial charge in [0.2, 0.25) is 0 Å². The number of ketones is 1. The smallest absolute Gasteiger partial charge is 0.200 e. The van der Waals surface area contributed by atoms with Crippen LogP contribution in [-0.4, -0.2) is 27.5 Å². The van der Waals surface area contributed by atoms with E-state index in [4.69, 9.17) is 5.11 Å². The topological polar surface area (TPSA) is 66.0 Å². The van der Waals surface area contributed by atoms with E-state index in [0.717, 1.165) is 0 Å². The number of Topliss-reactive ketones (excluding diaryl/α,β-unsaturated/α-hetero) is 1. The Bertz CT molecular complexity index is 262. The molecule has 1 heterocycles. The summed E-state index contributed by atoms with van der Waals surface area (Å²) in [7, 11) is 0. The van der Waals surface area contributed by atoms with Gasteiger partial charge in [0.05, 0.1) is 12.8 Å². The van der Waals surface area contributed by atoms with E-state index in [1.54, 1.807) is 0 Å². The van der Waals surface area contributed by atoms with Gasteiger partial charge in [-0.15, -0.1) is 17.0 Å². The van der Waals surface area contributed by atoms with E-state index in [2.05, 4.69) is 25.9 Å². The van der Waals surface area contributed by atoms with Crippen molar-refractivity contribution in [3.05, 3.63) is 16.6 Å². The molecule has 68 valence electrons. The zero-order valence-corrected chi connectivity index (χ0v) is 9.38. The van der Waals surface area contributed by atoms with Crippen molar-refractivity contribution in [2.45, 2.75) is 6.42 Å². The molecule has 0 aliphatic carbocycles. The van der Waals surface area contributed by atoms with Crippen molar-refractivity contribution in [3.8, 4) is 0 Å². The normalized spacial score (nSPS) is 9.17. The number of halogens is 2. The predicted molar refractivity (Wildman–Crippen MR) is 52.6 cm³/mol. The Hall–Kier alpha value is -0.200. The summed E-state index contributed by atoms with van der Waals surface area (Å²) in [6, 6.07) is 0. The molecular formula is C6H8Br2N2O2. The summed E-state index contributed by atoms with van der Waals surface area (Å²) in [5.41, 5.74) is 0. The number of nitrogens with one attached hydrogen (secondary N) is 1. The van der Waals surface area contributed by atoms with Gasteiger partial charge >= 0.3 is 0 Å². The lowest BCUT2D eigenvalue weighted by atomic mass is 10.3. The predicted octanol–water partition coefficient (Wildman–Crippen LogP) is 1.32. The van der Waals surface area contributed by atoms with Crippen LogP contribution in [0.25, 0.3) is 0 Å². The number of aromatic nitrogens is 2. The number of carbonyl (C=O) groups is 1. The fourth-order valence-electron chi connectivity index (χ4n) is 0.661. The highest BCUT2D eigenvalue weighted by Crippen LogP contribution is 2.05. The summed E-state index contributed by atoms with van der Waals surface area (Å²) in [5, 5.41) is 8.43. The molecule has 1 aromatic rings. The number of aliphatic hydroxyl groups is 1. The number of hydrogen-bond acceptors (Lipinski definition) is 3. The molecule has 1 aromatic heterocycles. The van der Waals surface area contributed by atoms with Gasteiger partial charge in [-0.05, 0) is 15.9 Å². The molecule has 0 bridgehead atoms. The van der Waals surface area contributed by atoms with Crippen molar-refractivity contribution in [1.29, 1.82) is 0 Å². The molecule has 0 atom stereocenters. The fourth-order valence-corrected chi connectivity index (χ4v) is 0.951. The van der Waals surface area contributed by atoms with Crippen LogP contribution in [0.4, 0.5) is 0 Å². The molecule has 12 heavy (non-hydrogen) atoms. The average Bonchev–Trinajstić information content (AvgIpc) is 2.36. The Kier molecular flexibility index (Phi) is 5.36. The Labute approximate surface area is 88.3 Å². The third-order valence-electron chi connectivity index (χ3n) is 1.15. The molecule has 0 aliphatic heterocycles. The zero-order valence-electron chi connectivity index (χ0n) is 6.08. The van der Waals surface area contributed by atoms with E-state index >= 15 is 0 Å². The quantitative estimate of drug-likeness (QED) is 0.827. The first-order chi connectivity index (χ1) is 5.24. The maximum Gasteiger partial charge on any atom is 0.200 e. The summed E-state index contributed by atoms with van der Waals surface area (Å²) < 4.78 is 0.666. The van der Waals surface area contributed by atoms with Crippen LogP contribution >= 0.6 is 32.9 Å². The van der Waals surface area contributed by atoms with E-state index in [1.165, 1.54) is 6.20 Å². The second-order valence-corrected chi connectivity index (χ2v) is 2.83. The van der Waals surface area contributed by atoms with Crippen LogP contribution in [0.1, 0.15) is 17.0 Å². The highest BCUT2D eigenvalue weighted by atomic mass is 79.9. The highest BCUT2D eigenvalue weighted by Gasteiger charge is 2.07. The summed E-state index contributed by atoms with van der Waals surface area (Å²) >= 11 is 3.12. The van der Waals surface area contributed by atoms with Crippen molar-refractivity contribution >= 4 is 38.7 Å². The largest absolute Gasteiger partial charge is 0.396 e. The van der Waals surface area contributed by atoms with Gasteiger partial charge in [-0.3, -0.25) is 4.79 Å². The minimum absolute atomic E-state index is 0. The molecule has 0 aliphatic rings. The second-order valence-electron chi connectivity index (χ2n) is 1.98. The standard InChI is InChI=1S/C6H7BrN2O2.BrH/c7-5-3-8-6(9-5)4(11)1-2-10;/h3,10H,1-2H2,(H,8,9);1H. The van der Waals surface area contributed by atoms with E-state index < -0.39 is 0 Å². The maximum absolute atomic E-state index is 11.0. The van der Waals surface area contributed by atoms with Crippen LogP contribution in [0.3, 0.4) is 0 Å². The summed E-state index contributed by atoms with van der Waals surface area (Å²) in [6.45, 7) is -0.142. The van der Waals surface area contributed by atoms with E-state index in [1.807, 2.05) is 0 Å². The minimum atomic E-state index is -0.182. The monoisotopic (exact) mass is 298 g/mol. The van der Waals surface area contributed by atoms with E-state index in [0.29, 0.717) is 4.60 Å².